The second-order valence-electron chi connectivity index (χ2n) is 6.89. The average molecular weight is 424 g/mol. The summed E-state index contributed by atoms with van der Waals surface area (Å²) in [5.41, 5.74) is 16.9. The fraction of sp³-hybridized carbons (Fsp3) is 0.200. The highest BCUT2D eigenvalue weighted by Gasteiger charge is 2.34. The number of fused-ring (bicyclic) bond motifs is 1. The number of hydrogen-bond donors (Lipinski definition) is 3. The van der Waals surface area contributed by atoms with Crippen molar-refractivity contribution < 1.29 is 13.9 Å². The van der Waals surface area contributed by atoms with Gasteiger partial charge in [0.2, 0.25) is 0 Å². The Morgan fingerprint density at radius 2 is 1.94 bits per heavy atom. The van der Waals surface area contributed by atoms with Crippen LogP contribution in [0.25, 0.3) is 0 Å². The highest BCUT2D eigenvalue weighted by Crippen LogP contribution is 2.37. The van der Waals surface area contributed by atoms with Crippen LogP contribution in [-0.4, -0.2) is 35.2 Å². The van der Waals surface area contributed by atoms with Crippen molar-refractivity contribution in [2.75, 3.05) is 35.5 Å². The van der Waals surface area contributed by atoms with Crippen molar-refractivity contribution in [3.05, 3.63) is 65.4 Å². The Balaban J connectivity index is 1.69. The number of nitrogens with one attached hydrogen (secondary N) is 1. The maximum atomic E-state index is 14.2. The maximum absolute atomic E-state index is 14.2. The number of hydrazine groups is 1. The molecule has 1 aromatic carbocycles. The first-order valence-corrected chi connectivity index (χ1v) is 9.37. The molecule has 0 radical (unpaired) electrons. The molecule has 11 heteroatoms. The summed E-state index contributed by atoms with van der Waals surface area (Å²) in [7, 11) is 2.71. The molecule has 0 fully saturated rings. The summed E-state index contributed by atoms with van der Waals surface area (Å²) in [5.74, 6) is 0.644. The molecule has 1 atom stereocenters. The lowest BCUT2D eigenvalue weighted by atomic mass is 10.1. The Morgan fingerprint density at radius 1 is 1.23 bits per heavy atom. The van der Waals surface area contributed by atoms with Crippen molar-refractivity contribution in [3.63, 3.8) is 0 Å². The predicted molar refractivity (Wildman–Crippen MR) is 113 cm³/mol. The number of anilines is 4. The topological polar surface area (TPSA) is 136 Å². The molecule has 0 saturated carbocycles. The lowest BCUT2D eigenvalue weighted by Crippen LogP contribution is -2.36. The van der Waals surface area contributed by atoms with E-state index in [0.29, 0.717) is 17.2 Å². The van der Waals surface area contributed by atoms with Crippen molar-refractivity contribution in [2.45, 2.75) is 12.6 Å². The number of nitrogens with two attached hydrogens (primary N) is 2. The Morgan fingerprint density at radius 3 is 2.61 bits per heavy atom. The van der Waals surface area contributed by atoms with E-state index in [1.807, 2.05) is 6.07 Å². The molecule has 3 heterocycles. The number of halogens is 1. The molecular weight excluding hydrogens is 403 g/mol. The number of rotatable bonds is 4. The number of ether oxygens (including phenoxy) is 1. The molecule has 0 saturated heterocycles. The quantitative estimate of drug-likeness (QED) is 0.574. The van der Waals surface area contributed by atoms with Crippen molar-refractivity contribution in [1.29, 1.82) is 0 Å². The molecule has 1 aliphatic rings. The van der Waals surface area contributed by atoms with Gasteiger partial charge in [-0.05, 0) is 12.1 Å². The summed E-state index contributed by atoms with van der Waals surface area (Å²) < 4.78 is 18.9. The van der Waals surface area contributed by atoms with Gasteiger partial charge in [0.05, 0.1) is 13.7 Å². The van der Waals surface area contributed by atoms with Gasteiger partial charge in [0.15, 0.2) is 17.5 Å². The lowest BCUT2D eigenvalue weighted by Gasteiger charge is -2.22. The van der Waals surface area contributed by atoms with Crippen molar-refractivity contribution in [3.8, 4) is 0 Å². The largest absolute Gasteiger partial charge is 0.452 e. The second-order valence-corrected chi connectivity index (χ2v) is 6.89. The molecule has 2 aromatic heterocycles. The maximum Gasteiger partial charge on any atom is 0.413 e. The number of carbonyl (C=O) groups excluding carboxylic acids is 1. The van der Waals surface area contributed by atoms with Gasteiger partial charge in [0.1, 0.15) is 23.4 Å². The van der Waals surface area contributed by atoms with Gasteiger partial charge in [-0.2, -0.15) is 0 Å². The predicted octanol–water partition coefficient (Wildman–Crippen LogP) is 1.99. The van der Waals surface area contributed by atoms with Crippen LogP contribution in [0.4, 0.5) is 32.3 Å². The molecule has 0 aliphatic carbocycles. The van der Waals surface area contributed by atoms with Crippen LogP contribution in [0.2, 0.25) is 0 Å². The summed E-state index contributed by atoms with van der Waals surface area (Å²) in [6.07, 6.45) is 0.995. The standard InChI is InChI=1S/C20H21FN8O2/c1-28(20(30)31-2)15-16(22)25-18(26-17(15)23)14-12-7-5-9-24-19(12)29(27-14)10-11-6-3-4-8-13(11)21/h3-9,14,27H,10H2,1-2H3,(H4,22,23,25,26). The van der Waals surface area contributed by atoms with Gasteiger partial charge >= 0.3 is 6.09 Å². The molecule has 31 heavy (non-hydrogen) atoms. The number of methoxy groups -OCH3 is 1. The first-order chi connectivity index (χ1) is 14.9. The third-order valence-electron chi connectivity index (χ3n) is 4.95. The van der Waals surface area contributed by atoms with Crippen molar-refractivity contribution in [2.24, 2.45) is 0 Å². The van der Waals surface area contributed by atoms with Crippen LogP contribution in [0, 0.1) is 5.82 Å². The van der Waals surface area contributed by atoms with Gasteiger partial charge in [-0.1, -0.05) is 24.3 Å². The SMILES string of the molecule is COC(=O)N(C)c1c(N)nc(C2NN(Cc3ccccc3F)c3ncccc32)nc1N. The van der Waals surface area contributed by atoms with Crippen LogP contribution in [0.3, 0.4) is 0 Å². The Labute approximate surface area is 177 Å². The van der Waals surface area contributed by atoms with Crippen LogP contribution in [0.1, 0.15) is 23.0 Å². The Kier molecular flexibility index (Phi) is 5.26. The molecule has 1 aliphatic heterocycles. The van der Waals surface area contributed by atoms with E-state index in [0.717, 1.165) is 10.5 Å². The summed E-state index contributed by atoms with van der Waals surface area (Å²) in [6.45, 7) is 0.237. The van der Waals surface area contributed by atoms with E-state index in [1.54, 1.807) is 35.5 Å². The van der Waals surface area contributed by atoms with Gasteiger partial charge in [0.25, 0.3) is 0 Å². The van der Waals surface area contributed by atoms with E-state index in [1.165, 1.54) is 20.2 Å². The number of pyridine rings is 1. The zero-order chi connectivity index (χ0) is 22.1. The smallest absolute Gasteiger partial charge is 0.413 e. The van der Waals surface area contributed by atoms with Gasteiger partial charge in [-0.15, -0.1) is 0 Å². The number of nitrogens with zero attached hydrogens (tertiary/aromatic N) is 5. The number of aromatic nitrogens is 3. The zero-order valence-corrected chi connectivity index (χ0v) is 16.9. The van der Waals surface area contributed by atoms with Gasteiger partial charge in [-0.25, -0.2) is 29.6 Å². The molecule has 5 N–H and O–H groups in total. The molecular formula is C20H21FN8O2. The molecule has 4 rings (SSSR count). The molecule has 0 spiro atoms. The van der Waals surface area contributed by atoms with Gasteiger partial charge in [-0.3, -0.25) is 9.91 Å². The zero-order valence-electron chi connectivity index (χ0n) is 16.9. The van der Waals surface area contributed by atoms with Crippen molar-refractivity contribution >= 4 is 29.2 Å². The summed E-state index contributed by atoms with van der Waals surface area (Å²) in [4.78, 5) is 26.1. The first kappa shape index (κ1) is 20.3. The van der Waals surface area contributed by atoms with Gasteiger partial charge in [0, 0.05) is 24.4 Å². The molecule has 10 nitrogen and oxygen atoms in total. The summed E-state index contributed by atoms with van der Waals surface area (Å²) in [5, 5.41) is 1.72. The average Bonchev–Trinajstić information content (AvgIpc) is 3.12. The summed E-state index contributed by atoms with van der Waals surface area (Å²) in [6, 6.07) is 9.65. The highest BCUT2D eigenvalue weighted by molar-refractivity contribution is 5.94. The third kappa shape index (κ3) is 3.66. The minimum absolute atomic E-state index is 0.0233. The Hall–Kier alpha value is -3.99. The second kappa shape index (κ2) is 8.03. The third-order valence-corrected chi connectivity index (χ3v) is 4.95. The monoisotopic (exact) mass is 424 g/mol. The van der Waals surface area contributed by atoms with E-state index < -0.39 is 12.1 Å². The minimum atomic E-state index is -0.653. The van der Waals surface area contributed by atoms with Crippen molar-refractivity contribution in [1.82, 2.24) is 20.4 Å². The normalized spacial score (nSPS) is 14.9. The van der Waals surface area contributed by atoms with E-state index in [9.17, 15) is 9.18 Å². The van der Waals surface area contributed by atoms with Gasteiger partial charge < -0.3 is 16.2 Å². The number of hydrogen-bond acceptors (Lipinski definition) is 9. The fourth-order valence-corrected chi connectivity index (χ4v) is 3.47. The fourth-order valence-electron chi connectivity index (χ4n) is 3.47. The highest BCUT2D eigenvalue weighted by atomic mass is 19.1. The first-order valence-electron chi connectivity index (χ1n) is 9.37. The Bertz CT molecular complexity index is 1120. The number of amides is 1. The van der Waals surface area contributed by atoms with Crippen LogP contribution in [0.15, 0.2) is 42.6 Å². The van der Waals surface area contributed by atoms with Crippen LogP contribution < -0.4 is 26.8 Å². The molecule has 160 valence electrons. The number of nitrogen functional groups attached to an aromatic ring is 2. The van der Waals surface area contributed by atoms with E-state index >= 15 is 0 Å². The van der Waals surface area contributed by atoms with Crippen LogP contribution in [0.5, 0.6) is 0 Å². The molecule has 0 bridgehead atoms. The number of carbonyl (C=O) groups is 1. The van der Waals surface area contributed by atoms with E-state index in [2.05, 4.69) is 20.4 Å². The molecule has 1 amide bonds. The minimum Gasteiger partial charge on any atom is -0.452 e. The van der Waals surface area contributed by atoms with Crippen LogP contribution >= 0.6 is 0 Å². The molecule has 1 unspecified atom stereocenters. The van der Waals surface area contributed by atoms with E-state index in [4.69, 9.17) is 16.2 Å². The number of benzene rings is 1. The lowest BCUT2D eigenvalue weighted by molar-refractivity contribution is 0.180. The summed E-state index contributed by atoms with van der Waals surface area (Å²) >= 11 is 0. The molecule has 3 aromatic rings. The van der Waals surface area contributed by atoms with E-state index in [-0.39, 0.29) is 29.7 Å². The van der Waals surface area contributed by atoms with Crippen LogP contribution in [-0.2, 0) is 11.3 Å².